The number of nitrogens with zero attached hydrogens (tertiary/aromatic N) is 1. The molecule has 1 saturated carbocycles. The van der Waals surface area contributed by atoms with Gasteiger partial charge in [-0.2, -0.15) is 0 Å². The first kappa shape index (κ1) is 22.0. The average Bonchev–Trinajstić information content (AvgIpc) is 2.75. The molecule has 30 heavy (non-hydrogen) atoms. The van der Waals surface area contributed by atoms with Gasteiger partial charge >= 0.3 is 5.97 Å². The molecule has 2 fully saturated rings. The van der Waals surface area contributed by atoms with Gasteiger partial charge in [-0.1, -0.05) is 36.8 Å². The van der Waals surface area contributed by atoms with Gasteiger partial charge in [0.2, 0.25) is 11.8 Å². The predicted octanol–water partition coefficient (Wildman–Crippen LogP) is 2.17. The van der Waals surface area contributed by atoms with Gasteiger partial charge in [-0.05, 0) is 49.5 Å². The molecule has 0 radical (unpaired) electrons. The van der Waals surface area contributed by atoms with Crippen molar-refractivity contribution < 1.29 is 19.1 Å². The molecule has 3 rings (SSSR count). The van der Waals surface area contributed by atoms with Crippen molar-refractivity contribution in [2.45, 2.75) is 50.7 Å². The van der Waals surface area contributed by atoms with E-state index in [0.29, 0.717) is 13.1 Å². The van der Waals surface area contributed by atoms with Crippen LogP contribution in [0.15, 0.2) is 36.4 Å². The molecule has 0 bridgehead atoms. The highest BCUT2D eigenvalue weighted by Crippen LogP contribution is 2.21. The third-order valence-electron chi connectivity index (χ3n) is 5.26. The zero-order chi connectivity index (χ0) is 21.3. The van der Waals surface area contributed by atoms with E-state index in [1.165, 1.54) is 12.5 Å². The van der Waals surface area contributed by atoms with Gasteiger partial charge in [-0.15, -0.1) is 0 Å². The Morgan fingerprint density at radius 1 is 1.20 bits per heavy atom. The Labute approximate surface area is 181 Å². The molecular formula is C22H27N3O4S. The lowest BCUT2D eigenvalue weighted by molar-refractivity contribution is -0.153. The Balaban J connectivity index is 1.56. The first-order chi connectivity index (χ1) is 14.5. The number of carbonyl (C=O) groups is 3. The van der Waals surface area contributed by atoms with Crippen LogP contribution in [-0.2, 0) is 19.1 Å². The summed E-state index contributed by atoms with van der Waals surface area (Å²) in [5, 5.41) is 5.50. The maximum atomic E-state index is 12.4. The van der Waals surface area contributed by atoms with Crippen LogP contribution in [0.1, 0.15) is 44.1 Å². The van der Waals surface area contributed by atoms with E-state index >= 15 is 0 Å². The highest BCUT2D eigenvalue weighted by molar-refractivity contribution is 7.80. The minimum absolute atomic E-state index is 0.0684. The third kappa shape index (κ3) is 6.38. The molecular weight excluding hydrogens is 402 g/mol. The minimum atomic E-state index is -0.791. The average molecular weight is 430 g/mol. The first-order valence-corrected chi connectivity index (χ1v) is 10.8. The van der Waals surface area contributed by atoms with E-state index in [1.807, 2.05) is 30.3 Å². The highest BCUT2D eigenvalue weighted by atomic mass is 32.1. The fraction of sp³-hybridized carbons (Fsp3) is 0.455. The molecule has 7 nitrogen and oxygen atoms in total. The number of hydrogen-bond donors (Lipinski definition) is 2. The van der Waals surface area contributed by atoms with Crippen molar-refractivity contribution in [2.75, 3.05) is 13.1 Å². The van der Waals surface area contributed by atoms with Crippen molar-refractivity contribution in [2.24, 2.45) is 0 Å². The van der Waals surface area contributed by atoms with Gasteiger partial charge in [-0.25, -0.2) is 0 Å². The molecule has 2 aliphatic rings. The van der Waals surface area contributed by atoms with Crippen molar-refractivity contribution in [1.82, 2.24) is 15.5 Å². The van der Waals surface area contributed by atoms with E-state index in [4.69, 9.17) is 17.0 Å². The predicted molar refractivity (Wildman–Crippen MR) is 117 cm³/mol. The summed E-state index contributed by atoms with van der Waals surface area (Å²) in [5.41, 5.74) is 0.888. The number of carbonyl (C=O) groups excluding carboxylic acids is 3. The smallest absolute Gasteiger partial charge is 0.308 e. The maximum Gasteiger partial charge on any atom is 0.308 e. The van der Waals surface area contributed by atoms with E-state index in [9.17, 15) is 14.4 Å². The number of thiocarbonyl (C=S) groups is 1. The monoisotopic (exact) mass is 429 g/mol. The number of nitrogens with one attached hydrogen (secondary N) is 2. The van der Waals surface area contributed by atoms with Crippen molar-refractivity contribution in [1.29, 1.82) is 0 Å². The van der Waals surface area contributed by atoms with Crippen molar-refractivity contribution in [3.8, 4) is 0 Å². The van der Waals surface area contributed by atoms with Gasteiger partial charge in [-0.3, -0.25) is 19.7 Å². The molecule has 0 aromatic heterocycles. The topological polar surface area (TPSA) is 87.7 Å². The van der Waals surface area contributed by atoms with Crippen LogP contribution in [0.4, 0.5) is 0 Å². The Hall–Kier alpha value is -2.74. The van der Waals surface area contributed by atoms with Crippen LogP contribution >= 0.6 is 12.2 Å². The molecule has 1 unspecified atom stereocenters. The quantitative estimate of drug-likeness (QED) is 0.424. The van der Waals surface area contributed by atoms with Crippen LogP contribution in [-0.4, -0.2) is 53.0 Å². The molecule has 1 heterocycles. The largest absolute Gasteiger partial charge is 0.462 e. The second kappa shape index (κ2) is 10.9. The van der Waals surface area contributed by atoms with Gasteiger partial charge in [0.25, 0.3) is 0 Å². The SMILES string of the molecule is O=C(C=Cc1ccccc1)NC(=S)N1CCNC(=O)C1CC(=O)OC1CCCCC1. The van der Waals surface area contributed by atoms with Gasteiger partial charge < -0.3 is 15.0 Å². The van der Waals surface area contributed by atoms with Crippen LogP contribution in [0.25, 0.3) is 6.08 Å². The fourth-order valence-corrected chi connectivity index (χ4v) is 4.01. The lowest BCUT2D eigenvalue weighted by Crippen LogP contribution is -2.60. The molecule has 1 aromatic rings. The minimum Gasteiger partial charge on any atom is -0.462 e. The van der Waals surface area contributed by atoms with E-state index < -0.39 is 17.9 Å². The Bertz CT molecular complexity index is 806. The Morgan fingerprint density at radius 2 is 1.93 bits per heavy atom. The highest BCUT2D eigenvalue weighted by Gasteiger charge is 2.34. The normalized spacial score (nSPS) is 19.9. The lowest BCUT2D eigenvalue weighted by Gasteiger charge is -2.36. The van der Waals surface area contributed by atoms with Crippen LogP contribution < -0.4 is 10.6 Å². The van der Waals surface area contributed by atoms with E-state index in [1.54, 1.807) is 11.0 Å². The summed E-state index contributed by atoms with van der Waals surface area (Å²) in [6, 6.07) is 8.63. The molecule has 0 spiro atoms. The second-order valence-electron chi connectivity index (χ2n) is 7.49. The van der Waals surface area contributed by atoms with Crippen LogP contribution in [0, 0.1) is 0 Å². The van der Waals surface area contributed by atoms with Crippen molar-refractivity contribution in [3.05, 3.63) is 42.0 Å². The summed E-state index contributed by atoms with van der Waals surface area (Å²) in [4.78, 5) is 38.6. The number of ether oxygens (including phenoxy) is 1. The Kier molecular flexibility index (Phi) is 7.96. The van der Waals surface area contributed by atoms with Gasteiger partial charge in [0.05, 0.1) is 6.42 Å². The molecule has 1 aromatic carbocycles. The standard InChI is InChI=1S/C22H27N3O4S/c26-19(12-11-16-7-3-1-4-8-16)24-22(30)25-14-13-23-21(28)18(25)15-20(27)29-17-9-5-2-6-10-17/h1,3-4,7-8,11-12,17-18H,2,5-6,9-10,13-15H2,(H,23,28)(H,24,26,30). The van der Waals surface area contributed by atoms with Crippen molar-refractivity contribution in [3.63, 3.8) is 0 Å². The first-order valence-electron chi connectivity index (χ1n) is 10.3. The number of piperazine rings is 1. The zero-order valence-corrected chi connectivity index (χ0v) is 17.7. The molecule has 160 valence electrons. The summed E-state index contributed by atoms with van der Waals surface area (Å²) in [6.45, 7) is 0.803. The van der Waals surface area contributed by atoms with E-state index in [-0.39, 0.29) is 23.5 Å². The summed E-state index contributed by atoms with van der Waals surface area (Å²) < 4.78 is 5.55. The molecule has 1 saturated heterocycles. The number of amides is 2. The molecule has 1 aliphatic heterocycles. The molecule has 8 heteroatoms. The molecule has 1 atom stereocenters. The Morgan fingerprint density at radius 3 is 2.67 bits per heavy atom. The number of rotatable bonds is 5. The fourth-order valence-electron chi connectivity index (χ4n) is 3.69. The second-order valence-corrected chi connectivity index (χ2v) is 7.88. The van der Waals surface area contributed by atoms with Crippen LogP contribution in [0.3, 0.4) is 0 Å². The molecule has 2 amide bonds. The van der Waals surface area contributed by atoms with Gasteiger partial charge in [0.15, 0.2) is 5.11 Å². The molecule has 2 N–H and O–H groups in total. The van der Waals surface area contributed by atoms with E-state index in [0.717, 1.165) is 31.2 Å². The van der Waals surface area contributed by atoms with Gasteiger partial charge in [0.1, 0.15) is 12.1 Å². The zero-order valence-electron chi connectivity index (χ0n) is 16.8. The number of hydrogen-bond acceptors (Lipinski definition) is 5. The van der Waals surface area contributed by atoms with Crippen molar-refractivity contribution >= 4 is 41.2 Å². The summed E-state index contributed by atoms with van der Waals surface area (Å²) in [5.74, 6) is -1.09. The van der Waals surface area contributed by atoms with E-state index in [2.05, 4.69) is 10.6 Å². The van der Waals surface area contributed by atoms with Crippen LogP contribution in [0.5, 0.6) is 0 Å². The lowest BCUT2D eigenvalue weighted by atomic mass is 9.98. The summed E-state index contributed by atoms with van der Waals surface area (Å²) in [6.07, 6.45) is 7.92. The summed E-state index contributed by atoms with van der Waals surface area (Å²) in [7, 11) is 0. The number of esters is 1. The third-order valence-corrected chi connectivity index (χ3v) is 5.60. The van der Waals surface area contributed by atoms with Crippen LogP contribution in [0.2, 0.25) is 0 Å². The van der Waals surface area contributed by atoms with Gasteiger partial charge in [0, 0.05) is 19.2 Å². The summed E-state index contributed by atoms with van der Waals surface area (Å²) >= 11 is 5.35. The maximum absolute atomic E-state index is 12.4. The molecule has 1 aliphatic carbocycles. The number of benzene rings is 1.